The van der Waals surface area contributed by atoms with E-state index in [2.05, 4.69) is 41.3 Å². The lowest BCUT2D eigenvalue weighted by atomic mass is 10.1. The van der Waals surface area contributed by atoms with Gasteiger partial charge in [0.1, 0.15) is 5.03 Å². The predicted octanol–water partition coefficient (Wildman–Crippen LogP) is 2.86. The fourth-order valence-corrected chi connectivity index (χ4v) is 3.74. The van der Waals surface area contributed by atoms with Crippen molar-refractivity contribution in [3.63, 3.8) is 0 Å². The van der Waals surface area contributed by atoms with Gasteiger partial charge < -0.3 is 4.31 Å². The van der Waals surface area contributed by atoms with Gasteiger partial charge in [-0.3, -0.25) is 4.68 Å². The summed E-state index contributed by atoms with van der Waals surface area (Å²) in [6.45, 7) is 6.24. The lowest BCUT2D eigenvalue weighted by Crippen LogP contribution is -2.15. The molecule has 0 spiro atoms. The van der Waals surface area contributed by atoms with Gasteiger partial charge in [0.2, 0.25) is 0 Å². The lowest BCUT2D eigenvalue weighted by Gasteiger charge is -2.26. The Morgan fingerprint density at radius 1 is 1.17 bits per heavy atom. The van der Waals surface area contributed by atoms with Gasteiger partial charge in [0.05, 0.1) is 17.1 Å². The number of pyridine rings is 1. The van der Waals surface area contributed by atoms with Gasteiger partial charge in [-0.05, 0) is 32.4 Å². The first kappa shape index (κ1) is 11.6. The zero-order chi connectivity index (χ0) is 13.0. The molecule has 0 fully saturated rings. The average Bonchev–Trinajstić information content (AvgIpc) is 2.53. The molecule has 3 rings (SSSR count). The topological polar surface area (TPSA) is 34.0 Å². The normalized spacial score (nSPS) is 13.5. The molecule has 0 saturated carbocycles. The Morgan fingerprint density at radius 3 is 2.61 bits per heavy atom. The second-order valence-corrected chi connectivity index (χ2v) is 5.87. The lowest BCUT2D eigenvalue weighted by molar-refractivity contribution is 0.760. The molecule has 94 valence electrons. The smallest absolute Gasteiger partial charge is 0.127 e. The molecule has 3 heterocycles. The van der Waals surface area contributed by atoms with Gasteiger partial charge in [0, 0.05) is 37.3 Å². The van der Waals surface area contributed by atoms with Crippen LogP contribution in [0.4, 0.5) is 5.69 Å². The minimum Gasteiger partial charge on any atom is -0.310 e. The number of aromatic nitrogens is 3. The third kappa shape index (κ3) is 1.47. The first-order chi connectivity index (χ1) is 8.49. The Hall–Kier alpha value is -1.49. The minimum atomic E-state index is 1.06. The van der Waals surface area contributed by atoms with Crippen LogP contribution < -0.4 is 4.31 Å². The second kappa shape index (κ2) is 3.75. The summed E-state index contributed by atoms with van der Waals surface area (Å²) in [5.41, 5.74) is 6.99. The van der Waals surface area contributed by atoms with E-state index in [1.165, 1.54) is 22.5 Å². The number of aryl methyl sites for hydroxylation is 4. The number of rotatable bonds is 0. The van der Waals surface area contributed by atoms with E-state index < -0.39 is 0 Å². The SMILES string of the molecule is Cc1cc(C)c2c(n1)SN(C)c1c(C)nn(C)c1-2. The molecule has 0 atom stereocenters. The van der Waals surface area contributed by atoms with Crippen LogP contribution in [0.5, 0.6) is 0 Å². The summed E-state index contributed by atoms with van der Waals surface area (Å²) < 4.78 is 4.12. The summed E-state index contributed by atoms with van der Waals surface area (Å²) >= 11 is 1.68. The van der Waals surface area contributed by atoms with E-state index in [0.717, 1.165) is 16.4 Å². The predicted molar refractivity (Wildman–Crippen MR) is 74.9 cm³/mol. The van der Waals surface area contributed by atoms with Crippen LogP contribution in [0, 0.1) is 20.8 Å². The van der Waals surface area contributed by atoms with Crippen molar-refractivity contribution < 1.29 is 0 Å². The van der Waals surface area contributed by atoms with Crippen molar-refractivity contribution in [1.82, 2.24) is 14.8 Å². The number of fused-ring (bicyclic) bond motifs is 3. The summed E-state index contributed by atoms with van der Waals surface area (Å²) in [6.07, 6.45) is 0. The number of anilines is 1. The van der Waals surface area contributed by atoms with Crippen LogP contribution in [0.3, 0.4) is 0 Å². The highest BCUT2D eigenvalue weighted by Gasteiger charge is 2.29. The molecule has 5 heteroatoms. The maximum absolute atomic E-state index is 4.65. The van der Waals surface area contributed by atoms with Gasteiger partial charge in [-0.25, -0.2) is 4.98 Å². The van der Waals surface area contributed by atoms with Crippen LogP contribution in [0.1, 0.15) is 17.0 Å². The molecule has 2 aromatic rings. The van der Waals surface area contributed by atoms with Crippen LogP contribution in [0.25, 0.3) is 11.3 Å². The second-order valence-electron chi connectivity index (χ2n) is 4.76. The van der Waals surface area contributed by atoms with Gasteiger partial charge in [-0.15, -0.1) is 0 Å². The highest BCUT2D eigenvalue weighted by molar-refractivity contribution is 8.00. The van der Waals surface area contributed by atoms with Crippen molar-refractivity contribution in [1.29, 1.82) is 0 Å². The first-order valence-corrected chi connectivity index (χ1v) is 6.70. The van der Waals surface area contributed by atoms with Crippen molar-refractivity contribution in [2.24, 2.45) is 7.05 Å². The Bertz CT molecular complexity index is 645. The summed E-state index contributed by atoms with van der Waals surface area (Å²) in [5, 5.41) is 5.61. The molecular formula is C13H16N4S. The Balaban J connectivity index is 2.38. The van der Waals surface area contributed by atoms with Gasteiger partial charge >= 0.3 is 0 Å². The summed E-state index contributed by atoms with van der Waals surface area (Å²) in [4.78, 5) is 4.65. The zero-order valence-corrected chi connectivity index (χ0v) is 12.1. The number of nitrogens with zero attached hydrogens (tertiary/aromatic N) is 4. The van der Waals surface area contributed by atoms with Gasteiger partial charge in [0.25, 0.3) is 0 Å². The fourth-order valence-electron chi connectivity index (χ4n) is 2.64. The van der Waals surface area contributed by atoms with Crippen molar-refractivity contribution in [3.05, 3.63) is 23.0 Å². The molecule has 4 nitrogen and oxygen atoms in total. The van der Waals surface area contributed by atoms with Gasteiger partial charge in [-0.2, -0.15) is 5.10 Å². The molecule has 0 bridgehead atoms. The van der Waals surface area contributed by atoms with Gasteiger partial charge in [0.15, 0.2) is 0 Å². The molecule has 1 aliphatic heterocycles. The number of hydrogen-bond donors (Lipinski definition) is 0. The summed E-state index contributed by atoms with van der Waals surface area (Å²) in [5.74, 6) is 0. The molecule has 0 N–H and O–H groups in total. The molecule has 2 aromatic heterocycles. The van der Waals surface area contributed by atoms with Gasteiger partial charge in [-0.1, -0.05) is 0 Å². The molecule has 1 aliphatic rings. The third-order valence-electron chi connectivity index (χ3n) is 3.28. The minimum absolute atomic E-state index is 1.06. The van der Waals surface area contributed by atoms with Crippen LogP contribution in [0.15, 0.2) is 11.1 Å². The molecule has 0 unspecified atom stereocenters. The molecular weight excluding hydrogens is 244 g/mol. The molecule has 0 aromatic carbocycles. The highest BCUT2D eigenvalue weighted by atomic mass is 32.2. The quantitative estimate of drug-likeness (QED) is 0.682. The van der Waals surface area contributed by atoms with Crippen molar-refractivity contribution in [3.8, 4) is 11.3 Å². The maximum Gasteiger partial charge on any atom is 0.127 e. The van der Waals surface area contributed by atoms with E-state index in [9.17, 15) is 0 Å². The Kier molecular flexibility index (Phi) is 2.41. The van der Waals surface area contributed by atoms with E-state index in [0.29, 0.717) is 0 Å². The fraction of sp³-hybridized carbons (Fsp3) is 0.385. The number of hydrogen-bond acceptors (Lipinski definition) is 4. The highest BCUT2D eigenvalue weighted by Crippen LogP contribution is 2.47. The molecule has 18 heavy (non-hydrogen) atoms. The van der Waals surface area contributed by atoms with Crippen LogP contribution >= 0.6 is 11.9 Å². The third-order valence-corrected chi connectivity index (χ3v) is 4.20. The Labute approximate surface area is 111 Å². The van der Waals surface area contributed by atoms with E-state index in [4.69, 9.17) is 0 Å². The van der Waals surface area contributed by atoms with Crippen molar-refractivity contribution >= 4 is 17.6 Å². The zero-order valence-electron chi connectivity index (χ0n) is 11.3. The van der Waals surface area contributed by atoms with Crippen LogP contribution in [0.2, 0.25) is 0 Å². The van der Waals surface area contributed by atoms with E-state index >= 15 is 0 Å². The molecule has 0 aliphatic carbocycles. The van der Waals surface area contributed by atoms with E-state index in [1.54, 1.807) is 11.9 Å². The van der Waals surface area contributed by atoms with Crippen molar-refractivity contribution in [2.75, 3.05) is 11.4 Å². The maximum atomic E-state index is 4.65. The molecule has 0 saturated heterocycles. The summed E-state index contributed by atoms with van der Waals surface area (Å²) in [6, 6.07) is 2.14. The van der Waals surface area contributed by atoms with E-state index in [1.807, 2.05) is 18.7 Å². The monoisotopic (exact) mass is 260 g/mol. The first-order valence-electron chi connectivity index (χ1n) is 5.93. The Morgan fingerprint density at radius 2 is 1.89 bits per heavy atom. The standard InChI is InChI=1S/C13H16N4S/c1-7-6-8(2)14-13-10(7)12-11(17(5)18-13)9(3)15-16(12)4/h6H,1-5H3. The van der Waals surface area contributed by atoms with Crippen LogP contribution in [-0.2, 0) is 7.05 Å². The average molecular weight is 260 g/mol. The molecule has 0 amide bonds. The van der Waals surface area contributed by atoms with E-state index in [-0.39, 0.29) is 0 Å². The summed E-state index contributed by atoms with van der Waals surface area (Å²) in [7, 11) is 4.07. The van der Waals surface area contributed by atoms with Crippen LogP contribution in [-0.4, -0.2) is 21.8 Å². The van der Waals surface area contributed by atoms with Crippen molar-refractivity contribution in [2.45, 2.75) is 25.8 Å². The largest absolute Gasteiger partial charge is 0.310 e. The molecule has 0 radical (unpaired) electrons.